The Balaban J connectivity index is 2.57. The number of aryl methyl sites for hydroxylation is 1. The molecule has 1 aromatic rings. The van der Waals surface area contributed by atoms with Crippen LogP contribution in [0.1, 0.15) is 37.3 Å². The van der Waals surface area contributed by atoms with Crippen molar-refractivity contribution >= 4 is 17.2 Å². The quantitative estimate of drug-likeness (QED) is 0.829. The zero-order valence-corrected chi connectivity index (χ0v) is 11.1. The summed E-state index contributed by atoms with van der Waals surface area (Å²) in [6.45, 7) is 8.52. The van der Waals surface area contributed by atoms with Gasteiger partial charge in [0.25, 0.3) is 0 Å². The highest BCUT2D eigenvalue weighted by molar-refractivity contribution is 7.10. The molecule has 3 N–H and O–H groups in total. The molecule has 0 aromatic carbocycles. The maximum absolute atomic E-state index is 11.2. The molecule has 0 aliphatic heterocycles. The summed E-state index contributed by atoms with van der Waals surface area (Å²) >= 11 is 1.74. The zero-order chi connectivity index (χ0) is 12.3. The molecule has 0 saturated heterocycles. The Labute approximate surface area is 101 Å². The minimum absolute atomic E-state index is 0.263. The molecule has 3 nitrogen and oxygen atoms in total. The Morgan fingerprint density at radius 1 is 1.62 bits per heavy atom. The molecular weight excluding hydrogens is 220 g/mol. The molecule has 1 amide bonds. The first kappa shape index (κ1) is 13.2. The lowest BCUT2D eigenvalue weighted by molar-refractivity contribution is -0.125. The number of hydrogen-bond acceptors (Lipinski definition) is 3. The Bertz CT molecular complexity index is 371. The highest BCUT2D eigenvalue weighted by Gasteiger charge is 2.25. The van der Waals surface area contributed by atoms with E-state index in [0.29, 0.717) is 6.54 Å². The molecule has 0 spiro atoms. The first-order valence-electron chi connectivity index (χ1n) is 5.42. The fraction of sp³-hybridized carbons (Fsp3) is 0.583. The van der Waals surface area contributed by atoms with Gasteiger partial charge in [-0.2, -0.15) is 0 Å². The van der Waals surface area contributed by atoms with Gasteiger partial charge in [0.2, 0.25) is 5.91 Å². The van der Waals surface area contributed by atoms with Crippen molar-refractivity contribution in [1.29, 1.82) is 0 Å². The highest BCUT2D eigenvalue weighted by Crippen LogP contribution is 2.24. The molecule has 0 unspecified atom stereocenters. The number of primary amides is 1. The summed E-state index contributed by atoms with van der Waals surface area (Å²) in [5.74, 6) is -0.268. The second-order valence-corrected chi connectivity index (χ2v) is 5.77. The normalized spacial score (nSPS) is 13.8. The van der Waals surface area contributed by atoms with Gasteiger partial charge >= 0.3 is 0 Å². The molecule has 0 aliphatic carbocycles. The van der Waals surface area contributed by atoms with E-state index in [2.05, 4.69) is 30.6 Å². The van der Waals surface area contributed by atoms with E-state index in [4.69, 9.17) is 5.73 Å². The Morgan fingerprint density at radius 2 is 2.25 bits per heavy atom. The molecule has 0 fully saturated rings. The molecule has 0 bridgehead atoms. The minimum atomic E-state index is -0.501. The van der Waals surface area contributed by atoms with E-state index in [9.17, 15) is 4.79 Å². The molecule has 1 rings (SSSR count). The predicted molar refractivity (Wildman–Crippen MR) is 68.4 cm³/mol. The predicted octanol–water partition coefficient (Wildman–Crippen LogP) is 2.22. The lowest BCUT2D eigenvalue weighted by Crippen LogP contribution is -2.41. The average Bonchev–Trinajstić information content (AvgIpc) is 2.61. The van der Waals surface area contributed by atoms with Crippen molar-refractivity contribution in [2.45, 2.75) is 33.7 Å². The first-order valence-corrected chi connectivity index (χ1v) is 6.30. The Morgan fingerprint density at radius 3 is 2.69 bits per heavy atom. The summed E-state index contributed by atoms with van der Waals surface area (Å²) in [5.41, 5.74) is 6.12. The van der Waals surface area contributed by atoms with Gasteiger partial charge in [0, 0.05) is 17.5 Å². The minimum Gasteiger partial charge on any atom is -0.369 e. The molecule has 1 heterocycles. The largest absolute Gasteiger partial charge is 0.369 e. The summed E-state index contributed by atoms with van der Waals surface area (Å²) in [4.78, 5) is 12.5. The van der Waals surface area contributed by atoms with Crippen molar-refractivity contribution in [2.24, 2.45) is 11.1 Å². The van der Waals surface area contributed by atoms with Gasteiger partial charge in [-0.1, -0.05) is 0 Å². The molecular formula is C12H20N2OS. The summed E-state index contributed by atoms with van der Waals surface area (Å²) in [7, 11) is 0. The van der Waals surface area contributed by atoms with Crippen LogP contribution >= 0.6 is 11.3 Å². The van der Waals surface area contributed by atoms with Crippen molar-refractivity contribution in [2.75, 3.05) is 6.54 Å². The fourth-order valence-corrected chi connectivity index (χ4v) is 2.38. The number of carbonyl (C=O) groups excluding carboxylic acids is 1. The number of carbonyl (C=O) groups is 1. The monoisotopic (exact) mass is 240 g/mol. The lowest BCUT2D eigenvalue weighted by atomic mass is 9.92. The maximum atomic E-state index is 11.2. The van der Waals surface area contributed by atoms with Gasteiger partial charge in [0.05, 0.1) is 5.41 Å². The van der Waals surface area contributed by atoms with Crippen LogP contribution in [-0.2, 0) is 4.79 Å². The van der Waals surface area contributed by atoms with E-state index in [1.165, 1.54) is 10.4 Å². The van der Waals surface area contributed by atoms with Crippen molar-refractivity contribution in [3.63, 3.8) is 0 Å². The third kappa shape index (κ3) is 3.06. The van der Waals surface area contributed by atoms with Crippen LogP contribution in [0, 0.1) is 12.3 Å². The third-order valence-corrected chi connectivity index (χ3v) is 4.01. The maximum Gasteiger partial charge on any atom is 0.224 e. The van der Waals surface area contributed by atoms with Crippen molar-refractivity contribution in [3.05, 3.63) is 21.9 Å². The van der Waals surface area contributed by atoms with Gasteiger partial charge in [-0.15, -0.1) is 11.3 Å². The SMILES string of the molecule is Cc1ccsc1[C@H](C)NCC(C)(C)C(N)=O. The van der Waals surface area contributed by atoms with Crippen molar-refractivity contribution in [1.82, 2.24) is 5.32 Å². The summed E-state index contributed by atoms with van der Waals surface area (Å²) in [6, 6.07) is 2.37. The number of hydrogen-bond donors (Lipinski definition) is 2. The highest BCUT2D eigenvalue weighted by atomic mass is 32.1. The average molecular weight is 240 g/mol. The van der Waals surface area contributed by atoms with Crippen LogP contribution in [0.2, 0.25) is 0 Å². The third-order valence-electron chi connectivity index (χ3n) is 2.81. The Hall–Kier alpha value is -0.870. The van der Waals surface area contributed by atoms with E-state index >= 15 is 0 Å². The van der Waals surface area contributed by atoms with Crippen LogP contribution in [0.5, 0.6) is 0 Å². The van der Waals surface area contributed by atoms with E-state index in [1.54, 1.807) is 11.3 Å². The number of nitrogens with two attached hydrogens (primary N) is 1. The molecule has 0 aliphatic rings. The van der Waals surface area contributed by atoms with E-state index < -0.39 is 5.41 Å². The second-order valence-electron chi connectivity index (χ2n) is 4.82. The van der Waals surface area contributed by atoms with Crippen LogP contribution in [-0.4, -0.2) is 12.5 Å². The standard InChI is InChI=1S/C12H20N2OS/c1-8-5-6-16-10(8)9(2)14-7-12(3,4)11(13)15/h5-6,9,14H,7H2,1-4H3,(H2,13,15)/t9-/m0/s1. The molecule has 1 aromatic heterocycles. The lowest BCUT2D eigenvalue weighted by Gasteiger charge is -2.23. The zero-order valence-electron chi connectivity index (χ0n) is 10.3. The summed E-state index contributed by atoms with van der Waals surface area (Å²) in [6.07, 6.45) is 0. The topological polar surface area (TPSA) is 55.1 Å². The molecule has 90 valence electrons. The number of thiophene rings is 1. The van der Waals surface area contributed by atoms with Crippen LogP contribution < -0.4 is 11.1 Å². The molecule has 0 saturated carbocycles. The molecule has 0 radical (unpaired) electrons. The van der Waals surface area contributed by atoms with Gasteiger partial charge in [0.15, 0.2) is 0 Å². The number of rotatable bonds is 5. The van der Waals surface area contributed by atoms with E-state index in [0.717, 1.165) is 0 Å². The van der Waals surface area contributed by atoms with Gasteiger partial charge in [-0.25, -0.2) is 0 Å². The van der Waals surface area contributed by atoms with Crippen molar-refractivity contribution in [3.8, 4) is 0 Å². The van der Waals surface area contributed by atoms with Crippen LogP contribution in [0.4, 0.5) is 0 Å². The summed E-state index contributed by atoms with van der Waals surface area (Å²) in [5, 5.41) is 5.44. The molecule has 4 heteroatoms. The van der Waals surface area contributed by atoms with E-state index in [-0.39, 0.29) is 11.9 Å². The Kier molecular flexibility index (Phi) is 4.10. The van der Waals surface area contributed by atoms with Gasteiger partial charge in [-0.3, -0.25) is 4.79 Å². The fourth-order valence-electron chi connectivity index (χ4n) is 1.42. The molecule has 16 heavy (non-hydrogen) atoms. The van der Waals surface area contributed by atoms with Gasteiger partial charge in [-0.05, 0) is 44.7 Å². The first-order chi connectivity index (χ1) is 7.34. The smallest absolute Gasteiger partial charge is 0.224 e. The van der Waals surface area contributed by atoms with Crippen molar-refractivity contribution < 1.29 is 4.79 Å². The van der Waals surface area contributed by atoms with Crippen LogP contribution in [0.3, 0.4) is 0 Å². The second kappa shape index (κ2) is 4.97. The van der Waals surface area contributed by atoms with Crippen LogP contribution in [0.25, 0.3) is 0 Å². The van der Waals surface area contributed by atoms with Crippen LogP contribution in [0.15, 0.2) is 11.4 Å². The van der Waals surface area contributed by atoms with E-state index in [1.807, 2.05) is 13.8 Å². The van der Waals surface area contributed by atoms with Gasteiger partial charge in [0.1, 0.15) is 0 Å². The number of nitrogens with one attached hydrogen (secondary N) is 1. The number of amides is 1. The molecule has 1 atom stereocenters. The summed E-state index contributed by atoms with van der Waals surface area (Å²) < 4.78 is 0. The van der Waals surface area contributed by atoms with Gasteiger partial charge < -0.3 is 11.1 Å².